The van der Waals surface area contributed by atoms with E-state index in [-0.39, 0.29) is 5.91 Å². The van der Waals surface area contributed by atoms with Gasteiger partial charge in [0.15, 0.2) is 0 Å². The number of rotatable bonds is 5. The van der Waals surface area contributed by atoms with Gasteiger partial charge in [0.05, 0.1) is 13.7 Å². The highest BCUT2D eigenvalue weighted by Gasteiger charge is 2.18. The summed E-state index contributed by atoms with van der Waals surface area (Å²) in [6.07, 6.45) is 3.26. The first-order valence-electron chi connectivity index (χ1n) is 7.16. The molecular formula is C18H16N2O2S. The van der Waals surface area contributed by atoms with Crippen LogP contribution in [0.3, 0.4) is 0 Å². The van der Waals surface area contributed by atoms with Crippen LogP contribution in [0.4, 0.5) is 5.69 Å². The molecule has 0 N–H and O–H groups in total. The van der Waals surface area contributed by atoms with Crippen LogP contribution in [0.5, 0.6) is 5.75 Å². The maximum absolute atomic E-state index is 12.9. The first-order valence-corrected chi connectivity index (χ1v) is 8.04. The fourth-order valence-corrected chi connectivity index (χ4v) is 2.94. The van der Waals surface area contributed by atoms with Crippen molar-refractivity contribution in [1.29, 1.82) is 0 Å². The highest BCUT2D eigenvalue weighted by atomic mass is 32.1. The Balaban J connectivity index is 1.93. The van der Waals surface area contributed by atoms with Gasteiger partial charge in [-0.1, -0.05) is 6.07 Å². The van der Waals surface area contributed by atoms with Crippen molar-refractivity contribution in [3.63, 3.8) is 0 Å². The van der Waals surface area contributed by atoms with E-state index in [0.717, 1.165) is 16.3 Å². The van der Waals surface area contributed by atoms with Crippen LogP contribution in [0.2, 0.25) is 0 Å². The zero-order valence-corrected chi connectivity index (χ0v) is 13.5. The molecule has 1 amide bonds. The number of carbonyl (C=O) groups excluding carboxylic acids is 1. The molecule has 23 heavy (non-hydrogen) atoms. The first kappa shape index (κ1) is 15.2. The highest BCUT2D eigenvalue weighted by Crippen LogP contribution is 2.24. The van der Waals surface area contributed by atoms with Crippen LogP contribution in [0.25, 0.3) is 0 Å². The van der Waals surface area contributed by atoms with Crippen LogP contribution in [0.1, 0.15) is 15.2 Å². The van der Waals surface area contributed by atoms with Gasteiger partial charge in [-0.25, -0.2) is 0 Å². The van der Waals surface area contributed by atoms with Gasteiger partial charge < -0.3 is 9.64 Å². The molecular weight excluding hydrogens is 308 g/mol. The van der Waals surface area contributed by atoms with Gasteiger partial charge in [-0.3, -0.25) is 9.78 Å². The zero-order chi connectivity index (χ0) is 16.1. The summed E-state index contributed by atoms with van der Waals surface area (Å²) in [5.74, 6) is 0.715. The Morgan fingerprint density at radius 2 is 1.87 bits per heavy atom. The van der Waals surface area contributed by atoms with Crippen molar-refractivity contribution in [2.45, 2.75) is 6.54 Å². The Morgan fingerprint density at radius 3 is 2.48 bits per heavy atom. The Bertz CT molecular complexity index is 755. The Morgan fingerprint density at radius 1 is 1.13 bits per heavy atom. The lowest BCUT2D eigenvalue weighted by Crippen LogP contribution is -2.30. The third-order valence-corrected chi connectivity index (χ3v) is 4.31. The van der Waals surface area contributed by atoms with E-state index in [1.165, 1.54) is 0 Å². The van der Waals surface area contributed by atoms with Crippen LogP contribution < -0.4 is 9.64 Å². The van der Waals surface area contributed by atoms with Gasteiger partial charge in [-0.15, -0.1) is 11.3 Å². The van der Waals surface area contributed by atoms with E-state index < -0.39 is 0 Å². The molecule has 0 aliphatic rings. The molecule has 4 nitrogen and oxygen atoms in total. The van der Waals surface area contributed by atoms with Gasteiger partial charge in [0.2, 0.25) is 0 Å². The standard InChI is InChI=1S/C18H16N2O2S/c1-22-16-6-4-15(5-7-16)20(13-17-3-2-12-23-17)18(21)14-8-10-19-11-9-14/h2-12H,13H2,1H3. The van der Waals surface area contributed by atoms with E-state index in [4.69, 9.17) is 4.74 Å². The molecule has 3 rings (SSSR count). The molecule has 2 heterocycles. The molecule has 1 aromatic carbocycles. The number of ether oxygens (including phenoxy) is 1. The normalized spacial score (nSPS) is 10.3. The van der Waals surface area contributed by atoms with Crippen molar-refractivity contribution in [3.05, 3.63) is 76.7 Å². The number of aromatic nitrogens is 1. The number of hydrogen-bond donors (Lipinski definition) is 0. The van der Waals surface area contributed by atoms with Crippen molar-refractivity contribution in [3.8, 4) is 5.75 Å². The number of pyridine rings is 1. The first-order chi connectivity index (χ1) is 11.3. The number of nitrogens with zero attached hydrogens (tertiary/aromatic N) is 2. The minimum atomic E-state index is -0.0500. The summed E-state index contributed by atoms with van der Waals surface area (Å²) >= 11 is 1.64. The van der Waals surface area contributed by atoms with Crippen LogP contribution in [-0.4, -0.2) is 18.0 Å². The number of carbonyl (C=O) groups is 1. The van der Waals surface area contributed by atoms with Gasteiger partial charge in [-0.05, 0) is 47.8 Å². The fraction of sp³-hybridized carbons (Fsp3) is 0.111. The Hall–Kier alpha value is -2.66. The van der Waals surface area contributed by atoms with Crippen LogP contribution in [-0.2, 0) is 6.54 Å². The predicted octanol–water partition coefficient (Wildman–Crippen LogP) is 4.00. The average Bonchev–Trinajstić information content (AvgIpc) is 3.13. The maximum Gasteiger partial charge on any atom is 0.258 e. The lowest BCUT2D eigenvalue weighted by molar-refractivity contribution is 0.0985. The molecule has 0 saturated carbocycles. The number of anilines is 1. The third-order valence-electron chi connectivity index (χ3n) is 3.45. The van der Waals surface area contributed by atoms with E-state index in [1.807, 2.05) is 41.8 Å². The van der Waals surface area contributed by atoms with E-state index >= 15 is 0 Å². The summed E-state index contributed by atoms with van der Waals surface area (Å²) in [4.78, 5) is 19.8. The zero-order valence-electron chi connectivity index (χ0n) is 12.7. The van der Waals surface area contributed by atoms with E-state index in [1.54, 1.807) is 47.9 Å². The topological polar surface area (TPSA) is 42.4 Å². The van der Waals surface area contributed by atoms with Gasteiger partial charge in [-0.2, -0.15) is 0 Å². The van der Waals surface area contributed by atoms with Crippen molar-refractivity contribution in [2.24, 2.45) is 0 Å². The van der Waals surface area contributed by atoms with Crippen LogP contribution in [0, 0.1) is 0 Å². The van der Waals surface area contributed by atoms with E-state index in [9.17, 15) is 4.79 Å². The van der Waals surface area contributed by atoms with Gasteiger partial charge >= 0.3 is 0 Å². The van der Waals surface area contributed by atoms with E-state index in [2.05, 4.69) is 4.98 Å². The van der Waals surface area contributed by atoms with Crippen molar-refractivity contribution >= 4 is 22.9 Å². The van der Waals surface area contributed by atoms with E-state index in [0.29, 0.717) is 12.1 Å². The summed E-state index contributed by atoms with van der Waals surface area (Å²) in [7, 11) is 1.63. The number of hydrogen-bond acceptors (Lipinski definition) is 4. The summed E-state index contributed by atoms with van der Waals surface area (Å²) in [5, 5.41) is 2.01. The number of amides is 1. The second kappa shape index (κ2) is 7.07. The molecule has 0 aliphatic heterocycles. The van der Waals surface area contributed by atoms with Gasteiger partial charge in [0.25, 0.3) is 5.91 Å². The second-order valence-corrected chi connectivity index (χ2v) is 5.94. The molecule has 5 heteroatoms. The van der Waals surface area contributed by atoms with Crippen LogP contribution >= 0.6 is 11.3 Å². The van der Waals surface area contributed by atoms with Gasteiger partial charge in [0.1, 0.15) is 5.75 Å². The monoisotopic (exact) mass is 324 g/mol. The second-order valence-electron chi connectivity index (χ2n) is 4.90. The molecule has 2 aromatic heterocycles. The van der Waals surface area contributed by atoms with Crippen LogP contribution in [0.15, 0.2) is 66.3 Å². The predicted molar refractivity (Wildman–Crippen MR) is 92.1 cm³/mol. The molecule has 3 aromatic rings. The maximum atomic E-state index is 12.9. The number of thiophene rings is 1. The van der Waals surface area contributed by atoms with Gasteiger partial charge in [0, 0.05) is 28.5 Å². The molecule has 0 fully saturated rings. The summed E-state index contributed by atoms with van der Waals surface area (Å²) < 4.78 is 5.19. The Kier molecular flexibility index (Phi) is 4.68. The molecule has 0 radical (unpaired) electrons. The molecule has 0 spiro atoms. The average molecular weight is 324 g/mol. The number of methoxy groups -OCH3 is 1. The SMILES string of the molecule is COc1ccc(N(Cc2cccs2)C(=O)c2ccncc2)cc1. The third kappa shape index (κ3) is 3.57. The number of benzene rings is 1. The lowest BCUT2D eigenvalue weighted by atomic mass is 10.2. The molecule has 0 aliphatic carbocycles. The lowest BCUT2D eigenvalue weighted by Gasteiger charge is -2.22. The van der Waals surface area contributed by atoms with Crippen molar-refractivity contribution in [2.75, 3.05) is 12.0 Å². The molecule has 0 saturated heterocycles. The van der Waals surface area contributed by atoms with Crippen molar-refractivity contribution < 1.29 is 9.53 Å². The molecule has 0 bridgehead atoms. The minimum absolute atomic E-state index is 0.0500. The summed E-state index contributed by atoms with van der Waals surface area (Å²) in [6, 6.07) is 15.0. The Labute approximate surface area is 139 Å². The largest absolute Gasteiger partial charge is 0.497 e. The minimum Gasteiger partial charge on any atom is -0.497 e. The molecule has 0 atom stereocenters. The van der Waals surface area contributed by atoms with Crippen molar-refractivity contribution in [1.82, 2.24) is 4.98 Å². The summed E-state index contributed by atoms with van der Waals surface area (Å²) in [6.45, 7) is 0.533. The smallest absolute Gasteiger partial charge is 0.258 e. The quantitative estimate of drug-likeness (QED) is 0.712. The molecule has 0 unspecified atom stereocenters. The highest BCUT2D eigenvalue weighted by molar-refractivity contribution is 7.09. The fourth-order valence-electron chi connectivity index (χ4n) is 2.25. The summed E-state index contributed by atoms with van der Waals surface area (Å²) in [5.41, 5.74) is 1.45. The molecule has 116 valence electrons.